The Bertz CT molecular complexity index is 547. The van der Waals surface area contributed by atoms with Gasteiger partial charge in [-0.15, -0.1) is 0 Å². The third kappa shape index (κ3) is 1.91. The molecule has 3 N–H and O–H groups in total. The van der Waals surface area contributed by atoms with Crippen molar-refractivity contribution < 1.29 is 4.79 Å². The maximum Gasteiger partial charge on any atom is 0.251 e. The molecule has 20 heavy (non-hydrogen) atoms. The van der Waals surface area contributed by atoms with E-state index in [0.717, 1.165) is 5.92 Å². The molecule has 1 amide bonds. The van der Waals surface area contributed by atoms with Crippen LogP contribution in [-0.4, -0.2) is 11.9 Å². The van der Waals surface area contributed by atoms with E-state index in [-0.39, 0.29) is 22.8 Å². The second-order valence-corrected chi connectivity index (χ2v) is 7.45. The number of rotatable bonds is 2. The number of hydrogen-bond acceptors (Lipinski definition) is 2. The van der Waals surface area contributed by atoms with Crippen LogP contribution in [0.2, 0.25) is 0 Å². The van der Waals surface area contributed by atoms with E-state index in [9.17, 15) is 4.79 Å². The number of carbonyl (C=O) groups is 1. The number of nitrogen functional groups attached to an aromatic ring is 1. The Morgan fingerprint density at radius 3 is 2.70 bits per heavy atom. The van der Waals surface area contributed by atoms with Crippen molar-refractivity contribution in [2.24, 2.45) is 16.7 Å². The topological polar surface area (TPSA) is 55.1 Å². The number of benzene rings is 1. The SMILES string of the molecule is CC12CCC(C1)C(C)(C)C2NC(=O)c1cccc(N)c1. The highest BCUT2D eigenvalue weighted by atomic mass is 16.1. The molecule has 3 rings (SSSR count). The molecule has 2 aliphatic rings. The van der Waals surface area contributed by atoms with E-state index >= 15 is 0 Å². The predicted octanol–water partition coefficient (Wildman–Crippen LogP) is 3.21. The third-order valence-electron chi connectivity index (χ3n) is 5.69. The minimum atomic E-state index is 0.00384. The summed E-state index contributed by atoms with van der Waals surface area (Å²) >= 11 is 0. The van der Waals surface area contributed by atoms with Gasteiger partial charge in [0.05, 0.1) is 0 Å². The lowest BCUT2D eigenvalue weighted by Gasteiger charge is -2.43. The minimum absolute atomic E-state index is 0.00384. The van der Waals surface area contributed by atoms with Crippen molar-refractivity contribution in [2.45, 2.75) is 46.1 Å². The van der Waals surface area contributed by atoms with Gasteiger partial charge in [-0.3, -0.25) is 4.79 Å². The number of amides is 1. The van der Waals surface area contributed by atoms with Gasteiger partial charge in [0.25, 0.3) is 5.91 Å². The predicted molar refractivity (Wildman–Crippen MR) is 81.3 cm³/mol. The van der Waals surface area contributed by atoms with Gasteiger partial charge in [0.2, 0.25) is 0 Å². The Kier molecular flexibility index (Phi) is 2.86. The van der Waals surface area contributed by atoms with E-state index in [2.05, 4.69) is 26.1 Å². The first kappa shape index (κ1) is 13.5. The molecule has 0 aromatic heterocycles. The molecule has 108 valence electrons. The monoisotopic (exact) mass is 272 g/mol. The zero-order valence-electron chi connectivity index (χ0n) is 12.6. The van der Waals surface area contributed by atoms with Crippen LogP contribution in [0, 0.1) is 16.7 Å². The van der Waals surface area contributed by atoms with Gasteiger partial charge in [0.1, 0.15) is 0 Å². The first-order valence-electron chi connectivity index (χ1n) is 7.49. The number of hydrogen-bond donors (Lipinski definition) is 2. The van der Waals surface area contributed by atoms with E-state index in [0.29, 0.717) is 11.3 Å². The molecular formula is C17H24N2O. The summed E-state index contributed by atoms with van der Waals surface area (Å²) in [7, 11) is 0. The number of fused-ring (bicyclic) bond motifs is 2. The van der Waals surface area contributed by atoms with Crippen LogP contribution in [0.4, 0.5) is 5.69 Å². The van der Waals surface area contributed by atoms with Crippen molar-refractivity contribution in [3.8, 4) is 0 Å². The van der Waals surface area contributed by atoms with Crippen molar-refractivity contribution >= 4 is 11.6 Å². The molecule has 3 nitrogen and oxygen atoms in total. The zero-order valence-corrected chi connectivity index (χ0v) is 12.6. The molecular weight excluding hydrogens is 248 g/mol. The quantitative estimate of drug-likeness (QED) is 0.812. The van der Waals surface area contributed by atoms with Crippen LogP contribution in [0.25, 0.3) is 0 Å². The summed E-state index contributed by atoms with van der Waals surface area (Å²) in [5.41, 5.74) is 7.50. The van der Waals surface area contributed by atoms with E-state index in [1.54, 1.807) is 12.1 Å². The molecule has 3 atom stereocenters. The molecule has 2 bridgehead atoms. The van der Waals surface area contributed by atoms with Gasteiger partial charge in [-0.25, -0.2) is 0 Å². The van der Waals surface area contributed by atoms with Gasteiger partial charge in [-0.05, 0) is 54.2 Å². The molecule has 2 fully saturated rings. The summed E-state index contributed by atoms with van der Waals surface area (Å²) in [4.78, 5) is 12.5. The standard InChI is InChI=1S/C17H24N2O/c1-16(2)12-7-8-17(3,10-12)15(16)19-14(20)11-5-4-6-13(18)9-11/h4-6,9,12,15H,7-8,10,18H2,1-3H3,(H,19,20). The highest BCUT2D eigenvalue weighted by molar-refractivity contribution is 5.95. The molecule has 3 heteroatoms. The molecule has 2 aliphatic carbocycles. The van der Waals surface area contributed by atoms with Crippen LogP contribution in [0.3, 0.4) is 0 Å². The van der Waals surface area contributed by atoms with E-state index < -0.39 is 0 Å². The Morgan fingerprint density at radius 2 is 2.10 bits per heavy atom. The number of nitrogens with one attached hydrogen (secondary N) is 1. The summed E-state index contributed by atoms with van der Waals surface area (Å²) in [5.74, 6) is 0.739. The lowest BCUT2D eigenvalue weighted by molar-refractivity contribution is 0.0737. The van der Waals surface area contributed by atoms with E-state index in [1.165, 1.54) is 19.3 Å². The fourth-order valence-corrected chi connectivity index (χ4v) is 4.56. The summed E-state index contributed by atoms with van der Waals surface area (Å²) in [5, 5.41) is 3.29. The number of carbonyl (C=O) groups excluding carboxylic acids is 1. The molecule has 3 unspecified atom stereocenters. The smallest absolute Gasteiger partial charge is 0.251 e. The maximum atomic E-state index is 12.5. The van der Waals surface area contributed by atoms with Crippen molar-refractivity contribution in [1.29, 1.82) is 0 Å². The molecule has 0 radical (unpaired) electrons. The largest absolute Gasteiger partial charge is 0.399 e. The molecule has 0 aliphatic heterocycles. The third-order valence-corrected chi connectivity index (χ3v) is 5.69. The summed E-state index contributed by atoms with van der Waals surface area (Å²) in [6.07, 6.45) is 3.76. The Hall–Kier alpha value is -1.51. The highest BCUT2D eigenvalue weighted by Gasteiger charge is 2.59. The van der Waals surface area contributed by atoms with Crippen molar-refractivity contribution in [1.82, 2.24) is 5.32 Å². The molecule has 2 saturated carbocycles. The second kappa shape index (κ2) is 4.24. The van der Waals surface area contributed by atoms with Gasteiger partial charge in [-0.1, -0.05) is 26.8 Å². The minimum Gasteiger partial charge on any atom is -0.399 e. The lowest BCUT2D eigenvalue weighted by atomic mass is 9.68. The first-order valence-corrected chi connectivity index (χ1v) is 7.49. The van der Waals surface area contributed by atoms with Crippen LogP contribution in [0.5, 0.6) is 0 Å². The average molecular weight is 272 g/mol. The molecule has 0 heterocycles. The first-order chi connectivity index (χ1) is 9.33. The van der Waals surface area contributed by atoms with Gasteiger partial charge >= 0.3 is 0 Å². The zero-order chi connectivity index (χ0) is 14.5. The average Bonchev–Trinajstić information content (AvgIpc) is 2.85. The van der Waals surface area contributed by atoms with Gasteiger partial charge < -0.3 is 11.1 Å². The summed E-state index contributed by atoms with van der Waals surface area (Å²) < 4.78 is 0. The van der Waals surface area contributed by atoms with Crippen molar-refractivity contribution in [2.75, 3.05) is 5.73 Å². The number of anilines is 1. The highest BCUT2D eigenvalue weighted by Crippen LogP contribution is 2.62. The van der Waals surface area contributed by atoms with Gasteiger partial charge in [-0.2, -0.15) is 0 Å². The molecule has 1 aromatic rings. The lowest BCUT2D eigenvalue weighted by Crippen LogP contribution is -2.52. The normalized spacial score (nSPS) is 34.1. The van der Waals surface area contributed by atoms with Crippen LogP contribution in [0.15, 0.2) is 24.3 Å². The van der Waals surface area contributed by atoms with Crippen LogP contribution >= 0.6 is 0 Å². The van der Waals surface area contributed by atoms with Crippen molar-refractivity contribution in [3.05, 3.63) is 29.8 Å². The fourth-order valence-electron chi connectivity index (χ4n) is 4.56. The van der Waals surface area contributed by atoms with E-state index in [4.69, 9.17) is 5.73 Å². The fraction of sp³-hybridized carbons (Fsp3) is 0.588. The van der Waals surface area contributed by atoms with Crippen LogP contribution in [0.1, 0.15) is 50.4 Å². The molecule has 0 spiro atoms. The van der Waals surface area contributed by atoms with Gasteiger partial charge in [0.15, 0.2) is 0 Å². The Balaban J connectivity index is 1.82. The van der Waals surface area contributed by atoms with E-state index in [1.807, 2.05) is 12.1 Å². The number of nitrogens with two attached hydrogens (primary N) is 1. The van der Waals surface area contributed by atoms with Gasteiger partial charge in [0, 0.05) is 17.3 Å². The summed E-state index contributed by atoms with van der Waals surface area (Å²) in [6.45, 7) is 6.92. The summed E-state index contributed by atoms with van der Waals surface area (Å²) in [6, 6.07) is 7.46. The van der Waals surface area contributed by atoms with Crippen molar-refractivity contribution in [3.63, 3.8) is 0 Å². The molecule has 0 saturated heterocycles. The Morgan fingerprint density at radius 1 is 1.35 bits per heavy atom. The Labute approximate surface area is 120 Å². The van der Waals surface area contributed by atoms with Crippen LogP contribution < -0.4 is 11.1 Å². The maximum absolute atomic E-state index is 12.5. The molecule has 1 aromatic carbocycles. The van der Waals surface area contributed by atoms with Crippen LogP contribution in [-0.2, 0) is 0 Å². The second-order valence-electron chi connectivity index (χ2n) is 7.45.